The zero-order valence-electron chi connectivity index (χ0n) is 12.7. The third-order valence-corrected chi connectivity index (χ3v) is 7.23. The van der Waals surface area contributed by atoms with Crippen molar-refractivity contribution in [2.45, 2.75) is 45.2 Å². The highest BCUT2D eigenvalue weighted by Crippen LogP contribution is 2.41. The lowest BCUT2D eigenvalue weighted by molar-refractivity contribution is 0.475. The molecule has 1 aromatic carbocycles. The molecule has 0 aliphatic carbocycles. The number of hydrogen-bond donors (Lipinski definition) is 2. The van der Waals surface area contributed by atoms with Gasteiger partial charge in [0.05, 0.1) is 11.0 Å². The largest absolute Gasteiger partial charge is 0.352 e. The summed E-state index contributed by atoms with van der Waals surface area (Å²) in [6.07, 6.45) is 4.74. The van der Waals surface area contributed by atoms with Crippen LogP contribution in [0, 0.1) is 6.92 Å². The van der Waals surface area contributed by atoms with Crippen LogP contribution in [0.3, 0.4) is 0 Å². The number of halogens is 2. The van der Waals surface area contributed by atoms with Crippen molar-refractivity contribution in [3.05, 3.63) is 20.1 Å². The summed E-state index contributed by atoms with van der Waals surface area (Å²) in [6.45, 7) is 5.37. The first-order valence-corrected chi connectivity index (χ1v) is 9.59. The number of anilines is 1. The van der Waals surface area contributed by atoms with Crippen LogP contribution in [0.5, 0.6) is 0 Å². The lowest BCUT2D eigenvalue weighted by Crippen LogP contribution is -2.39. The van der Waals surface area contributed by atoms with Gasteiger partial charge >= 0.3 is 0 Å². The quantitative estimate of drug-likeness (QED) is 0.761. The monoisotopic (exact) mass is 426 g/mol. The molecule has 22 heavy (non-hydrogen) atoms. The SMILES string of the molecule is Cc1c(Br)c(Br)c2c3c1nc(N[C@@H]1CCCNC1)n3CCC2. The van der Waals surface area contributed by atoms with Gasteiger partial charge < -0.3 is 15.2 Å². The zero-order valence-corrected chi connectivity index (χ0v) is 15.8. The van der Waals surface area contributed by atoms with E-state index < -0.39 is 0 Å². The van der Waals surface area contributed by atoms with Gasteiger partial charge in [0.2, 0.25) is 5.95 Å². The Morgan fingerprint density at radius 1 is 1.27 bits per heavy atom. The Kier molecular flexibility index (Phi) is 3.95. The molecular formula is C16H20Br2N4. The van der Waals surface area contributed by atoms with Crippen molar-refractivity contribution in [1.82, 2.24) is 14.9 Å². The number of benzene rings is 1. The number of rotatable bonds is 2. The number of hydrogen-bond acceptors (Lipinski definition) is 3. The van der Waals surface area contributed by atoms with Crippen molar-refractivity contribution in [3.8, 4) is 0 Å². The summed E-state index contributed by atoms with van der Waals surface area (Å²) >= 11 is 7.49. The summed E-state index contributed by atoms with van der Waals surface area (Å²) in [6, 6.07) is 0.486. The molecule has 118 valence electrons. The van der Waals surface area contributed by atoms with E-state index in [1.54, 1.807) is 0 Å². The van der Waals surface area contributed by atoms with Gasteiger partial charge in [-0.15, -0.1) is 0 Å². The second kappa shape index (κ2) is 5.80. The molecule has 0 bridgehead atoms. The van der Waals surface area contributed by atoms with E-state index in [4.69, 9.17) is 4.98 Å². The van der Waals surface area contributed by atoms with E-state index in [0.29, 0.717) is 6.04 Å². The molecule has 3 heterocycles. The summed E-state index contributed by atoms with van der Waals surface area (Å²) in [5, 5.41) is 7.14. The fourth-order valence-corrected chi connectivity index (χ4v) is 4.76. The standard InChI is InChI=1S/C16H20Br2N4/c1-9-12(17)13(18)11-5-3-7-22-15(11)14(9)21-16(22)20-10-4-2-6-19-8-10/h10,19H,2-8H2,1H3,(H,20,21)/t10-/m1/s1. The van der Waals surface area contributed by atoms with E-state index in [0.717, 1.165) is 42.0 Å². The maximum Gasteiger partial charge on any atom is 0.204 e. The second-order valence-corrected chi connectivity index (χ2v) is 7.89. The van der Waals surface area contributed by atoms with Crippen molar-refractivity contribution in [2.24, 2.45) is 0 Å². The molecule has 1 atom stereocenters. The lowest BCUT2D eigenvalue weighted by atomic mass is 10.0. The van der Waals surface area contributed by atoms with Gasteiger partial charge in [0, 0.05) is 28.1 Å². The van der Waals surface area contributed by atoms with Crippen molar-refractivity contribution in [2.75, 3.05) is 18.4 Å². The molecule has 2 aliphatic rings. The Hall–Kier alpha value is -0.590. The van der Waals surface area contributed by atoms with Crippen molar-refractivity contribution >= 4 is 48.8 Å². The molecule has 2 aromatic rings. The van der Waals surface area contributed by atoms with E-state index in [1.807, 2.05) is 0 Å². The number of nitrogens with one attached hydrogen (secondary N) is 2. The van der Waals surface area contributed by atoms with Crippen molar-refractivity contribution in [1.29, 1.82) is 0 Å². The molecule has 6 heteroatoms. The highest BCUT2D eigenvalue weighted by atomic mass is 79.9. The number of aryl methyl sites for hydroxylation is 3. The minimum atomic E-state index is 0.486. The number of piperidine rings is 1. The molecule has 1 aromatic heterocycles. The predicted octanol–water partition coefficient (Wildman–Crippen LogP) is 3.98. The molecular weight excluding hydrogens is 408 g/mol. The van der Waals surface area contributed by atoms with Crippen LogP contribution in [0.4, 0.5) is 5.95 Å². The van der Waals surface area contributed by atoms with Crippen LogP contribution >= 0.6 is 31.9 Å². The second-order valence-electron chi connectivity index (χ2n) is 6.31. The minimum absolute atomic E-state index is 0.486. The maximum atomic E-state index is 4.95. The highest BCUT2D eigenvalue weighted by Gasteiger charge is 2.25. The summed E-state index contributed by atoms with van der Waals surface area (Å²) < 4.78 is 4.73. The van der Waals surface area contributed by atoms with E-state index in [1.165, 1.54) is 40.4 Å². The van der Waals surface area contributed by atoms with Crippen LogP contribution in [0.25, 0.3) is 11.0 Å². The lowest BCUT2D eigenvalue weighted by Gasteiger charge is -2.25. The smallest absolute Gasteiger partial charge is 0.204 e. The first-order valence-electron chi connectivity index (χ1n) is 8.00. The van der Waals surface area contributed by atoms with Gasteiger partial charge in [-0.25, -0.2) is 4.98 Å². The molecule has 1 fully saturated rings. The highest BCUT2D eigenvalue weighted by molar-refractivity contribution is 9.13. The summed E-state index contributed by atoms with van der Waals surface area (Å²) in [7, 11) is 0. The molecule has 0 spiro atoms. The van der Waals surface area contributed by atoms with Crippen molar-refractivity contribution in [3.63, 3.8) is 0 Å². The summed E-state index contributed by atoms with van der Waals surface area (Å²) in [4.78, 5) is 4.95. The van der Waals surface area contributed by atoms with Gasteiger partial charge in [0.15, 0.2) is 0 Å². The van der Waals surface area contributed by atoms with Crippen LogP contribution in [-0.4, -0.2) is 28.7 Å². The van der Waals surface area contributed by atoms with E-state index >= 15 is 0 Å². The van der Waals surface area contributed by atoms with Gasteiger partial charge in [0.25, 0.3) is 0 Å². The van der Waals surface area contributed by atoms with Crippen LogP contribution in [-0.2, 0) is 13.0 Å². The molecule has 0 unspecified atom stereocenters. The van der Waals surface area contributed by atoms with Gasteiger partial charge in [-0.1, -0.05) is 0 Å². The van der Waals surface area contributed by atoms with Crippen LogP contribution in [0.15, 0.2) is 8.95 Å². The Morgan fingerprint density at radius 2 is 2.14 bits per heavy atom. The molecule has 0 radical (unpaired) electrons. The van der Waals surface area contributed by atoms with E-state index in [2.05, 4.69) is 54.0 Å². The van der Waals surface area contributed by atoms with Crippen LogP contribution < -0.4 is 10.6 Å². The molecule has 1 saturated heterocycles. The van der Waals surface area contributed by atoms with Gasteiger partial charge in [-0.3, -0.25) is 0 Å². The summed E-state index contributed by atoms with van der Waals surface area (Å²) in [5.74, 6) is 1.04. The van der Waals surface area contributed by atoms with E-state index in [9.17, 15) is 0 Å². The van der Waals surface area contributed by atoms with Crippen LogP contribution in [0.1, 0.15) is 30.4 Å². The number of imidazole rings is 1. The molecule has 4 nitrogen and oxygen atoms in total. The normalized spacial score (nSPS) is 21.3. The fourth-order valence-electron chi connectivity index (χ4n) is 3.65. The van der Waals surface area contributed by atoms with Crippen LogP contribution in [0.2, 0.25) is 0 Å². The Morgan fingerprint density at radius 3 is 2.91 bits per heavy atom. The molecule has 4 rings (SSSR count). The van der Waals surface area contributed by atoms with Gasteiger partial charge in [-0.2, -0.15) is 0 Å². The number of nitrogens with zero attached hydrogens (tertiary/aromatic N) is 2. The first kappa shape index (κ1) is 15.0. The average molecular weight is 428 g/mol. The topological polar surface area (TPSA) is 41.9 Å². The Bertz CT molecular complexity index is 732. The predicted molar refractivity (Wildman–Crippen MR) is 97.7 cm³/mol. The maximum absolute atomic E-state index is 4.95. The third kappa shape index (κ3) is 2.31. The molecule has 2 aliphatic heterocycles. The fraction of sp³-hybridized carbons (Fsp3) is 0.562. The average Bonchev–Trinajstić information content (AvgIpc) is 2.91. The molecule has 0 amide bonds. The number of aromatic nitrogens is 2. The van der Waals surface area contributed by atoms with Gasteiger partial charge in [0.1, 0.15) is 0 Å². The Balaban J connectivity index is 1.83. The summed E-state index contributed by atoms with van der Waals surface area (Å²) in [5.41, 5.74) is 5.05. The molecule has 2 N–H and O–H groups in total. The first-order chi connectivity index (χ1) is 10.7. The zero-order chi connectivity index (χ0) is 15.3. The molecule has 0 saturated carbocycles. The Labute approximate surface area is 147 Å². The third-order valence-electron chi connectivity index (χ3n) is 4.83. The van der Waals surface area contributed by atoms with Gasteiger partial charge in [-0.05, 0) is 82.1 Å². The van der Waals surface area contributed by atoms with E-state index in [-0.39, 0.29) is 0 Å². The van der Waals surface area contributed by atoms with Crippen molar-refractivity contribution < 1.29 is 0 Å². The minimum Gasteiger partial charge on any atom is -0.352 e.